The van der Waals surface area contributed by atoms with Gasteiger partial charge in [0.25, 0.3) is 5.91 Å². The number of carbonyl (C=O) groups is 2. The van der Waals surface area contributed by atoms with Gasteiger partial charge in [-0.05, 0) is 30.3 Å². The van der Waals surface area contributed by atoms with Crippen LogP contribution in [0.4, 0.5) is 11.4 Å². The molecule has 1 aromatic carbocycles. The van der Waals surface area contributed by atoms with Crippen molar-refractivity contribution in [2.24, 2.45) is 0 Å². The van der Waals surface area contributed by atoms with E-state index >= 15 is 0 Å². The van der Waals surface area contributed by atoms with Crippen molar-refractivity contribution >= 4 is 46.1 Å². The van der Waals surface area contributed by atoms with Crippen LogP contribution in [0.15, 0.2) is 30.3 Å². The van der Waals surface area contributed by atoms with Gasteiger partial charge < -0.3 is 15.4 Å². The Bertz CT molecular complexity index is 685. The van der Waals surface area contributed by atoms with Gasteiger partial charge in [-0.1, -0.05) is 11.6 Å². The van der Waals surface area contributed by atoms with Crippen molar-refractivity contribution in [1.29, 1.82) is 0 Å². The third-order valence-corrected chi connectivity index (χ3v) is 3.79. The van der Waals surface area contributed by atoms with Crippen molar-refractivity contribution in [3.63, 3.8) is 0 Å². The molecule has 1 heterocycles. The normalized spacial score (nSPS) is 10.0. The Morgan fingerprint density at radius 3 is 2.52 bits per heavy atom. The summed E-state index contributed by atoms with van der Waals surface area (Å²) in [5.41, 5.74) is 1.04. The lowest BCUT2D eigenvalue weighted by molar-refractivity contribution is -0.114. The Labute approximate surface area is 130 Å². The minimum atomic E-state index is -0.258. The number of ether oxygens (including phenoxy) is 1. The van der Waals surface area contributed by atoms with Crippen LogP contribution >= 0.6 is 22.9 Å². The molecule has 0 aliphatic heterocycles. The van der Waals surface area contributed by atoms with Gasteiger partial charge in [0.1, 0.15) is 5.75 Å². The molecule has 0 atom stereocenters. The first-order valence-corrected chi connectivity index (χ1v) is 7.21. The maximum absolute atomic E-state index is 12.0. The molecule has 21 heavy (non-hydrogen) atoms. The molecule has 2 N–H and O–H groups in total. The highest BCUT2D eigenvalue weighted by Gasteiger charge is 2.11. The fourth-order valence-electron chi connectivity index (χ4n) is 1.70. The number of benzene rings is 1. The van der Waals surface area contributed by atoms with E-state index < -0.39 is 0 Å². The number of hydrogen-bond donors (Lipinski definition) is 2. The van der Waals surface area contributed by atoms with Gasteiger partial charge in [0.05, 0.1) is 22.0 Å². The maximum atomic E-state index is 12.0. The molecule has 5 nitrogen and oxygen atoms in total. The molecule has 0 unspecified atom stereocenters. The third kappa shape index (κ3) is 3.96. The zero-order valence-corrected chi connectivity index (χ0v) is 13.0. The average Bonchev–Trinajstić information content (AvgIpc) is 2.85. The fourth-order valence-corrected chi connectivity index (χ4v) is 2.64. The van der Waals surface area contributed by atoms with Crippen molar-refractivity contribution in [3.8, 4) is 5.75 Å². The van der Waals surface area contributed by atoms with E-state index in [1.165, 1.54) is 25.4 Å². The number of nitrogens with one attached hydrogen (secondary N) is 2. The number of carbonyl (C=O) groups excluding carboxylic acids is 2. The first-order valence-electron chi connectivity index (χ1n) is 6.02. The molecule has 0 aliphatic rings. The summed E-state index contributed by atoms with van der Waals surface area (Å²) >= 11 is 7.00. The summed E-state index contributed by atoms with van der Waals surface area (Å²) in [4.78, 5) is 23.7. The first kappa shape index (κ1) is 15.3. The second-order valence-corrected chi connectivity index (χ2v) is 5.87. The monoisotopic (exact) mass is 324 g/mol. The van der Waals surface area contributed by atoms with Gasteiger partial charge in [-0.3, -0.25) is 9.59 Å². The predicted octanol–water partition coefficient (Wildman–Crippen LogP) is 3.62. The lowest BCUT2D eigenvalue weighted by atomic mass is 10.2. The molecule has 0 aliphatic carbocycles. The summed E-state index contributed by atoms with van der Waals surface area (Å²) in [6.07, 6.45) is 0. The molecule has 0 saturated heterocycles. The number of hydrogen-bond acceptors (Lipinski definition) is 4. The van der Waals surface area contributed by atoms with Crippen LogP contribution < -0.4 is 15.4 Å². The molecule has 2 aromatic rings. The van der Waals surface area contributed by atoms with Crippen molar-refractivity contribution in [3.05, 3.63) is 39.5 Å². The first-order chi connectivity index (χ1) is 9.99. The highest BCUT2D eigenvalue weighted by molar-refractivity contribution is 7.18. The van der Waals surface area contributed by atoms with Crippen LogP contribution in [0.1, 0.15) is 16.6 Å². The minimum absolute atomic E-state index is 0.221. The summed E-state index contributed by atoms with van der Waals surface area (Å²) in [5.74, 6) is 0.0371. The summed E-state index contributed by atoms with van der Waals surface area (Å²) < 4.78 is 5.70. The van der Waals surface area contributed by atoms with Crippen molar-refractivity contribution in [2.75, 3.05) is 17.7 Å². The number of halogens is 1. The van der Waals surface area contributed by atoms with Crippen molar-refractivity contribution in [1.82, 2.24) is 0 Å². The summed E-state index contributed by atoms with van der Waals surface area (Å²) in [5, 5.41) is 5.39. The van der Waals surface area contributed by atoms with Crippen LogP contribution in [0, 0.1) is 0 Å². The van der Waals surface area contributed by atoms with Crippen LogP contribution in [0.25, 0.3) is 0 Å². The molecular weight excluding hydrogens is 312 g/mol. The summed E-state index contributed by atoms with van der Waals surface area (Å²) in [7, 11) is 1.51. The predicted molar refractivity (Wildman–Crippen MR) is 84.6 cm³/mol. The molecule has 0 radical (unpaired) electrons. The zero-order valence-electron chi connectivity index (χ0n) is 11.4. The molecule has 2 rings (SSSR count). The van der Waals surface area contributed by atoms with Crippen LogP contribution in [-0.4, -0.2) is 18.9 Å². The smallest absolute Gasteiger partial charge is 0.265 e. The Hall–Kier alpha value is -2.05. The van der Waals surface area contributed by atoms with Gasteiger partial charge in [-0.15, -0.1) is 11.3 Å². The molecule has 110 valence electrons. The van der Waals surface area contributed by atoms with Gasteiger partial charge in [0, 0.05) is 12.6 Å². The zero-order chi connectivity index (χ0) is 15.4. The van der Waals surface area contributed by atoms with E-state index in [1.807, 2.05) is 0 Å². The number of rotatable bonds is 4. The quantitative estimate of drug-likeness (QED) is 0.902. The summed E-state index contributed by atoms with van der Waals surface area (Å²) in [6.45, 7) is 1.40. The van der Waals surface area contributed by atoms with Crippen LogP contribution in [-0.2, 0) is 4.79 Å². The minimum Gasteiger partial charge on any atom is -0.495 e. The molecule has 1 aromatic heterocycles. The van der Waals surface area contributed by atoms with Crippen LogP contribution in [0.3, 0.4) is 0 Å². The van der Waals surface area contributed by atoms with E-state index in [2.05, 4.69) is 10.6 Å². The second-order valence-electron chi connectivity index (χ2n) is 4.15. The van der Waals surface area contributed by atoms with Gasteiger partial charge >= 0.3 is 0 Å². The Kier molecular flexibility index (Phi) is 4.82. The van der Waals surface area contributed by atoms with Crippen LogP contribution in [0.5, 0.6) is 5.75 Å². The number of methoxy groups -OCH3 is 1. The van der Waals surface area contributed by atoms with E-state index in [4.69, 9.17) is 16.3 Å². The standard InChI is InChI=1S/C14H13ClN2O3S/c1-8(18)16-10-7-9(3-4-11(10)20-2)17-14(19)12-5-6-13(15)21-12/h3-7H,1-2H3,(H,16,18)(H,17,19). The van der Waals surface area contributed by atoms with E-state index in [1.54, 1.807) is 30.3 Å². The van der Waals surface area contributed by atoms with Gasteiger partial charge in [0.2, 0.25) is 5.91 Å². The lowest BCUT2D eigenvalue weighted by Gasteiger charge is -2.11. The maximum Gasteiger partial charge on any atom is 0.265 e. The molecule has 0 bridgehead atoms. The fraction of sp³-hybridized carbons (Fsp3) is 0.143. The second kappa shape index (κ2) is 6.60. The Balaban J connectivity index is 2.20. The topological polar surface area (TPSA) is 67.4 Å². The largest absolute Gasteiger partial charge is 0.495 e. The number of thiophene rings is 1. The molecule has 0 fully saturated rings. The van der Waals surface area contributed by atoms with E-state index in [-0.39, 0.29) is 11.8 Å². The average molecular weight is 325 g/mol. The van der Waals surface area contributed by atoms with Crippen molar-refractivity contribution < 1.29 is 14.3 Å². The van der Waals surface area contributed by atoms with Crippen LogP contribution in [0.2, 0.25) is 4.34 Å². The highest BCUT2D eigenvalue weighted by atomic mass is 35.5. The lowest BCUT2D eigenvalue weighted by Crippen LogP contribution is -2.11. The number of amides is 2. The Morgan fingerprint density at radius 1 is 1.19 bits per heavy atom. The molecular formula is C14H13ClN2O3S. The van der Waals surface area contributed by atoms with Gasteiger partial charge in [-0.25, -0.2) is 0 Å². The van der Waals surface area contributed by atoms with E-state index in [0.717, 1.165) is 0 Å². The summed E-state index contributed by atoms with van der Waals surface area (Å²) in [6, 6.07) is 8.31. The molecule has 0 spiro atoms. The van der Waals surface area contributed by atoms with E-state index in [0.29, 0.717) is 26.3 Å². The van der Waals surface area contributed by atoms with Gasteiger partial charge in [-0.2, -0.15) is 0 Å². The highest BCUT2D eigenvalue weighted by Crippen LogP contribution is 2.29. The molecule has 2 amide bonds. The molecule has 0 saturated carbocycles. The van der Waals surface area contributed by atoms with E-state index in [9.17, 15) is 9.59 Å². The SMILES string of the molecule is COc1ccc(NC(=O)c2ccc(Cl)s2)cc1NC(C)=O. The van der Waals surface area contributed by atoms with Gasteiger partial charge in [0.15, 0.2) is 0 Å². The van der Waals surface area contributed by atoms with Crippen molar-refractivity contribution in [2.45, 2.75) is 6.92 Å². The molecule has 7 heteroatoms. The Morgan fingerprint density at radius 2 is 1.95 bits per heavy atom. The third-order valence-electron chi connectivity index (χ3n) is 2.57. The number of anilines is 2.